The Morgan fingerprint density at radius 3 is 2.77 bits per heavy atom. The van der Waals surface area contributed by atoms with Gasteiger partial charge in [-0.3, -0.25) is 0 Å². The van der Waals surface area contributed by atoms with Crippen molar-refractivity contribution in [2.75, 3.05) is 24.7 Å². The molecule has 162 valence electrons. The first-order chi connectivity index (χ1) is 15.1. The fraction of sp³-hybridized carbons (Fsp3) is 0.462. The van der Waals surface area contributed by atoms with Crippen LogP contribution in [0.3, 0.4) is 0 Å². The van der Waals surface area contributed by atoms with Crippen LogP contribution >= 0.6 is 0 Å². The van der Waals surface area contributed by atoms with E-state index < -0.39 is 0 Å². The Morgan fingerprint density at radius 2 is 2.00 bits per heavy atom. The average Bonchev–Trinajstić information content (AvgIpc) is 3.30. The number of hydrogen-bond donors (Lipinski definition) is 0. The number of hydrogen-bond acceptors (Lipinski definition) is 5. The van der Waals surface area contributed by atoms with Crippen molar-refractivity contribution < 1.29 is 9.47 Å². The molecule has 2 aliphatic heterocycles. The lowest BCUT2D eigenvalue weighted by molar-refractivity contribution is 0.0643. The average molecular weight is 418 g/mol. The van der Waals surface area contributed by atoms with E-state index in [1.165, 1.54) is 27.6 Å². The van der Waals surface area contributed by atoms with Crippen LogP contribution in [0.25, 0.3) is 10.8 Å². The Kier molecular flexibility index (Phi) is 5.53. The molecule has 0 unspecified atom stereocenters. The summed E-state index contributed by atoms with van der Waals surface area (Å²) in [6.45, 7) is 9.71. The number of anilines is 1. The van der Waals surface area contributed by atoms with Crippen LogP contribution in [-0.2, 0) is 17.7 Å². The largest absolute Gasteiger partial charge is 0.461 e. The van der Waals surface area contributed by atoms with Crippen LogP contribution in [0.4, 0.5) is 5.69 Å². The minimum atomic E-state index is 0.164. The van der Waals surface area contributed by atoms with Gasteiger partial charge in [-0.1, -0.05) is 44.2 Å². The van der Waals surface area contributed by atoms with Gasteiger partial charge in [-0.05, 0) is 54.7 Å². The maximum atomic E-state index is 6.01. The Hall–Kier alpha value is -2.66. The minimum absolute atomic E-state index is 0.164. The second-order valence-electron chi connectivity index (χ2n) is 9.04. The summed E-state index contributed by atoms with van der Waals surface area (Å²) in [7, 11) is 0. The van der Waals surface area contributed by atoms with Gasteiger partial charge in [0.1, 0.15) is 6.61 Å². The fourth-order valence-corrected chi connectivity index (χ4v) is 4.90. The Labute approximate surface area is 184 Å². The highest BCUT2D eigenvalue weighted by atomic mass is 16.5. The van der Waals surface area contributed by atoms with Gasteiger partial charge in [0.2, 0.25) is 0 Å². The molecule has 0 aliphatic carbocycles. The number of rotatable bonds is 5. The molecular formula is C26H31N3O2. The third-order valence-electron chi connectivity index (χ3n) is 6.48. The summed E-state index contributed by atoms with van der Waals surface area (Å²) in [5.74, 6) is 0.341. The number of aryl methyl sites for hydroxylation is 1. The van der Waals surface area contributed by atoms with Gasteiger partial charge in [0, 0.05) is 24.2 Å². The van der Waals surface area contributed by atoms with Crippen molar-refractivity contribution in [1.82, 2.24) is 9.97 Å². The van der Waals surface area contributed by atoms with E-state index >= 15 is 0 Å². The molecule has 0 spiro atoms. The molecule has 5 nitrogen and oxygen atoms in total. The minimum Gasteiger partial charge on any atom is -0.461 e. The van der Waals surface area contributed by atoms with Crippen molar-refractivity contribution in [1.29, 1.82) is 0 Å². The van der Waals surface area contributed by atoms with E-state index in [-0.39, 0.29) is 6.10 Å². The van der Waals surface area contributed by atoms with Crippen molar-refractivity contribution >= 4 is 16.5 Å². The first kappa shape index (κ1) is 20.3. The van der Waals surface area contributed by atoms with Crippen LogP contribution in [-0.4, -0.2) is 35.8 Å². The summed E-state index contributed by atoms with van der Waals surface area (Å²) in [4.78, 5) is 12.1. The van der Waals surface area contributed by atoms with Crippen LogP contribution in [0, 0.1) is 6.92 Å². The van der Waals surface area contributed by atoms with Crippen LogP contribution in [0.15, 0.2) is 36.4 Å². The van der Waals surface area contributed by atoms with E-state index in [0.717, 1.165) is 50.3 Å². The smallest absolute Gasteiger partial charge is 0.317 e. The molecule has 3 heterocycles. The van der Waals surface area contributed by atoms with E-state index in [1.54, 1.807) is 0 Å². The van der Waals surface area contributed by atoms with Gasteiger partial charge in [0.15, 0.2) is 0 Å². The van der Waals surface area contributed by atoms with Crippen molar-refractivity contribution in [3.8, 4) is 6.01 Å². The first-order valence-electron chi connectivity index (χ1n) is 11.5. The number of ether oxygens (including phenoxy) is 2. The van der Waals surface area contributed by atoms with Crippen LogP contribution in [0.5, 0.6) is 6.01 Å². The molecule has 0 amide bonds. The summed E-state index contributed by atoms with van der Waals surface area (Å²) in [6, 6.07) is 13.6. The van der Waals surface area contributed by atoms with Crippen molar-refractivity contribution in [2.45, 2.75) is 58.6 Å². The Balaban J connectivity index is 1.47. The highest BCUT2D eigenvalue weighted by Crippen LogP contribution is 2.34. The lowest BCUT2D eigenvalue weighted by Crippen LogP contribution is -2.33. The molecule has 1 atom stereocenters. The normalized spacial score (nSPS) is 18.6. The predicted molar refractivity (Wildman–Crippen MR) is 124 cm³/mol. The van der Waals surface area contributed by atoms with Crippen molar-refractivity contribution in [3.63, 3.8) is 0 Å². The molecule has 0 N–H and O–H groups in total. The summed E-state index contributed by atoms with van der Waals surface area (Å²) in [6.07, 6.45) is 3.28. The number of benzene rings is 2. The van der Waals surface area contributed by atoms with Crippen molar-refractivity contribution in [2.24, 2.45) is 0 Å². The lowest BCUT2D eigenvalue weighted by Gasteiger charge is -2.32. The topological polar surface area (TPSA) is 47.5 Å². The number of aromatic nitrogens is 2. The maximum absolute atomic E-state index is 6.01. The standard InChI is InChI=1S/C26H31N3O2/c1-17(2)25-21-12-13-29(23-11-5-9-19-8-4-7-18(3)24(19)23)15-22(21)27-26(28-25)31-16-20-10-6-14-30-20/h4-5,7-9,11,17,20H,6,10,12-16H2,1-3H3/t20-/m0/s1. The Morgan fingerprint density at radius 1 is 1.16 bits per heavy atom. The van der Waals surface area contributed by atoms with Gasteiger partial charge in [-0.25, -0.2) is 0 Å². The summed E-state index contributed by atoms with van der Waals surface area (Å²) < 4.78 is 11.7. The van der Waals surface area contributed by atoms with Crippen LogP contribution in [0.2, 0.25) is 0 Å². The quantitative estimate of drug-likeness (QED) is 0.572. The predicted octanol–water partition coefficient (Wildman–Crippen LogP) is 5.18. The fourth-order valence-electron chi connectivity index (χ4n) is 4.90. The third-order valence-corrected chi connectivity index (χ3v) is 6.48. The second-order valence-corrected chi connectivity index (χ2v) is 9.04. The molecule has 1 fully saturated rings. The van der Waals surface area contributed by atoms with E-state index in [4.69, 9.17) is 19.4 Å². The molecular weight excluding hydrogens is 386 g/mol. The zero-order valence-corrected chi connectivity index (χ0v) is 18.7. The maximum Gasteiger partial charge on any atom is 0.317 e. The molecule has 0 saturated carbocycles. The van der Waals surface area contributed by atoms with Crippen molar-refractivity contribution in [3.05, 3.63) is 58.9 Å². The van der Waals surface area contributed by atoms with Crippen LogP contribution < -0.4 is 9.64 Å². The highest BCUT2D eigenvalue weighted by molar-refractivity contribution is 5.96. The lowest BCUT2D eigenvalue weighted by atomic mass is 9.95. The van der Waals surface area contributed by atoms with Gasteiger partial charge >= 0.3 is 6.01 Å². The number of fused-ring (bicyclic) bond motifs is 2. The van der Waals surface area contributed by atoms with Gasteiger partial charge in [0.05, 0.1) is 24.0 Å². The molecule has 31 heavy (non-hydrogen) atoms. The third kappa shape index (κ3) is 3.99. The summed E-state index contributed by atoms with van der Waals surface area (Å²) >= 11 is 0. The molecule has 5 heteroatoms. The molecule has 3 aromatic rings. The zero-order chi connectivity index (χ0) is 21.4. The molecule has 2 aliphatic rings. The SMILES string of the molecule is Cc1cccc2cccc(N3CCc4c(nc(OC[C@@H]5CCCO5)nc4C(C)C)C3)c12. The molecule has 0 bridgehead atoms. The van der Waals surface area contributed by atoms with E-state index in [9.17, 15) is 0 Å². The summed E-state index contributed by atoms with van der Waals surface area (Å²) in [5, 5.41) is 2.62. The molecule has 2 aromatic carbocycles. The molecule has 1 aromatic heterocycles. The van der Waals surface area contributed by atoms with E-state index in [2.05, 4.69) is 62.1 Å². The second kappa shape index (κ2) is 8.46. The van der Waals surface area contributed by atoms with E-state index in [0.29, 0.717) is 18.5 Å². The first-order valence-corrected chi connectivity index (χ1v) is 11.5. The van der Waals surface area contributed by atoms with E-state index in [1.807, 2.05) is 0 Å². The molecule has 0 radical (unpaired) electrons. The summed E-state index contributed by atoms with van der Waals surface area (Å²) in [5.41, 5.74) is 6.12. The molecule has 1 saturated heterocycles. The highest BCUT2D eigenvalue weighted by Gasteiger charge is 2.26. The van der Waals surface area contributed by atoms with Gasteiger partial charge in [-0.15, -0.1) is 0 Å². The Bertz CT molecular complexity index is 1080. The zero-order valence-electron chi connectivity index (χ0n) is 18.7. The van der Waals surface area contributed by atoms with Crippen LogP contribution in [0.1, 0.15) is 55.1 Å². The molecule has 5 rings (SSSR count). The number of nitrogens with zero attached hydrogens (tertiary/aromatic N) is 3. The van der Waals surface area contributed by atoms with Gasteiger partial charge in [0.25, 0.3) is 0 Å². The van der Waals surface area contributed by atoms with Gasteiger partial charge < -0.3 is 14.4 Å². The van der Waals surface area contributed by atoms with Gasteiger partial charge in [-0.2, -0.15) is 9.97 Å². The monoisotopic (exact) mass is 417 g/mol.